The Labute approximate surface area is 102 Å². The number of carbonyl (C=O) groups excluding carboxylic acids is 1. The van der Waals surface area contributed by atoms with Gasteiger partial charge in [-0.25, -0.2) is 0 Å². The van der Waals surface area contributed by atoms with E-state index in [1.807, 2.05) is 19.2 Å². The maximum atomic E-state index is 11.9. The molecule has 4 nitrogen and oxygen atoms in total. The minimum absolute atomic E-state index is 0.0922. The highest BCUT2D eigenvalue weighted by atomic mass is 16.5. The molecule has 0 saturated carbocycles. The molecule has 0 radical (unpaired) electrons. The first-order chi connectivity index (χ1) is 8.19. The van der Waals surface area contributed by atoms with Crippen LogP contribution in [0.1, 0.15) is 17.3 Å². The van der Waals surface area contributed by atoms with Gasteiger partial charge in [-0.15, -0.1) is 0 Å². The van der Waals surface area contributed by atoms with Gasteiger partial charge < -0.3 is 15.4 Å². The van der Waals surface area contributed by atoms with E-state index in [-0.39, 0.29) is 5.91 Å². The molecule has 1 atom stereocenters. The van der Waals surface area contributed by atoms with Crippen LogP contribution in [0.2, 0.25) is 0 Å². The predicted molar refractivity (Wildman–Crippen MR) is 68.4 cm³/mol. The molecule has 1 aromatic carbocycles. The molecule has 94 valence electrons. The number of nitrogens with one attached hydrogen (secondary N) is 2. The molecule has 0 bridgehead atoms. The first-order valence-electron chi connectivity index (χ1n) is 5.74. The number of ether oxygens (including phenoxy) is 1. The van der Waals surface area contributed by atoms with Gasteiger partial charge in [0, 0.05) is 6.54 Å². The molecular formula is C13H20N2O2. The lowest BCUT2D eigenvalue weighted by atomic mass is 10.1. The quantitative estimate of drug-likeness (QED) is 0.782. The fraction of sp³-hybridized carbons (Fsp3) is 0.462. The number of benzene rings is 1. The van der Waals surface area contributed by atoms with Crippen LogP contribution >= 0.6 is 0 Å². The van der Waals surface area contributed by atoms with Crippen molar-refractivity contribution in [3.8, 4) is 5.75 Å². The largest absolute Gasteiger partial charge is 0.496 e. The highest BCUT2D eigenvalue weighted by Crippen LogP contribution is 2.16. The summed E-state index contributed by atoms with van der Waals surface area (Å²) < 4.78 is 5.15. The van der Waals surface area contributed by atoms with Gasteiger partial charge in [0.1, 0.15) is 5.75 Å². The van der Waals surface area contributed by atoms with Crippen molar-refractivity contribution >= 4 is 5.91 Å². The molecule has 0 aromatic heterocycles. The molecule has 1 rings (SSSR count). The van der Waals surface area contributed by atoms with E-state index in [1.54, 1.807) is 19.2 Å². The lowest BCUT2D eigenvalue weighted by Crippen LogP contribution is -2.32. The second-order valence-corrected chi connectivity index (χ2v) is 4.07. The normalized spacial score (nSPS) is 11.9. The van der Waals surface area contributed by atoms with Crippen LogP contribution in [-0.4, -0.2) is 33.2 Å². The van der Waals surface area contributed by atoms with Crippen LogP contribution in [-0.2, 0) is 0 Å². The van der Waals surface area contributed by atoms with Crippen LogP contribution in [0.4, 0.5) is 0 Å². The Hall–Kier alpha value is -1.55. The van der Waals surface area contributed by atoms with Gasteiger partial charge in [0.05, 0.1) is 12.7 Å². The molecule has 0 aliphatic heterocycles. The highest BCUT2D eigenvalue weighted by Gasteiger charge is 2.11. The Morgan fingerprint density at radius 1 is 1.35 bits per heavy atom. The zero-order valence-corrected chi connectivity index (χ0v) is 10.6. The number of hydrogen-bond donors (Lipinski definition) is 2. The maximum absolute atomic E-state index is 11.9. The van der Waals surface area contributed by atoms with Gasteiger partial charge in [0.2, 0.25) is 0 Å². The van der Waals surface area contributed by atoms with Crippen molar-refractivity contribution in [1.29, 1.82) is 0 Å². The molecule has 1 amide bonds. The van der Waals surface area contributed by atoms with Crippen molar-refractivity contribution in [2.45, 2.75) is 6.92 Å². The summed E-state index contributed by atoms with van der Waals surface area (Å²) >= 11 is 0. The number of amides is 1. The molecule has 17 heavy (non-hydrogen) atoms. The minimum Gasteiger partial charge on any atom is -0.496 e. The van der Waals surface area contributed by atoms with Crippen molar-refractivity contribution in [1.82, 2.24) is 10.6 Å². The number of rotatable bonds is 6. The Morgan fingerprint density at radius 2 is 2.06 bits per heavy atom. The monoisotopic (exact) mass is 236 g/mol. The van der Waals surface area contributed by atoms with Crippen molar-refractivity contribution < 1.29 is 9.53 Å². The molecule has 0 aliphatic rings. The van der Waals surface area contributed by atoms with Gasteiger partial charge in [0.15, 0.2) is 0 Å². The Kier molecular flexibility index (Phi) is 5.49. The number of para-hydroxylation sites is 1. The average Bonchev–Trinajstić information content (AvgIpc) is 2.36. The van der Waals surface area contributed by atoms with E-state index in [2.05, 4.69) is 17.6 Å². The van der Waals surface area contributed by atoms with Crippen LogP contribution in [0.25, 0.3) is 0 Å². The Bertz CT molecular complexity index is 366. The smallest absolute Gasteiger partial charge is 0.255 e. The van der Waals surface area contributed by atoms with E-state index in [4.69, 9.17) is 4.74 Å². The fourth-order valence-electron chi connectivity index (χ4n) is 1.62. The molecule has 0 spiro atoms. The van der Waals surface area contributed by atoms with E-state index in [0.29, 0.717) is 23.8 Å². The molecule has 0 fully saturated rings. The third-order valence-corrected chi connectivity index (χ3v) is 2.52. The first kappa shape index (κ1) is 13.5. The third-order valence-electron chi connectivity index (χ3n) is 2.52. The molecule has 0 aliphatic carbocycles. The number of hydrogen-bond acceptors (Lipinski definition) is 3. The van der Waals surface area contributed by atoms with Crippen molar-refractivity contribution in [2.75, 3.05) is 27.2 Å². The number of methoxy groups -OCH3 is 1. The molecule has 4 heteroatoms. The summed E-state index contributed by atoms with van der Waals surface area (Å²) in [6, 6.07) is 7.22. The van der Waals surface area contributed by atoms with Gasteiger partial charge in [-0.05, 0) is 31.6 Å². The SMILES string of the molecule is CNCC(C)CNC(=O)c1ccccc1OC. The van der Waals surface area contributed by atoms with Crippen LogP contribution in [0, 0.1) is 5.92 Å². The van der Waals surface area contributed by atoms with Gasteiger partial charge >= 0.3 is 0 Å². The topological polar surface area (TPSA) is 50.4 Å². The summed E-state index contributed by atoms with van der Waals surface area (Å²) in [6.45, 7) is 3.61. The fourth-order valence-corrected chi connectivity index (χ4v) is 1.62. The molecule has 1 aromatic rings. The second-order valence-electron chi connectivity index (χ2n) is 4.07. The van der Waals surface area contributed by atoms with E-state index < -0.39 is 0 Å². The summed E-state index contributed by atoms with van der Waals surface area (Å²) in [5.74, 6) is 0.912. The second kappa shape index (κ2) is 6.91. The molecule has 1 unspecified atom stereocenters. The summed E-state index contributed by atoms with van der Waals surface area (Å²) in [5, 5.41) is 5.98. The molecule has 2 N–H and O–H groups in total. The van der Waals surface area contributed by atoms with Crippen molar-refractivity contribution in [3.05, 3.63) is 29.8 Å². The number of carbonyl (C=O) groups is 1. The molecule has 0 heterocycles. The zero-order chi connectivity index (χ0) is 12.7. The minimum atomic E-state index is -0.0922. The third kappa shape index (κ3) is 4.07. The lowest BCUT2D eigenvalue weighted by Gasteiger charge is -2.13. The van der Waals surface area contributed by atoms with E-state index >= 15 is 0 Å². The average molecular weight is 236 g/mol. The van der Waals surface area contributed by atoms with Crippen molar-refractivity contribution in [3.63, 3.8) is 0 Å². The standard InChI is InChI=1S/C13H20N2O2/c1-10(8-14-2)9-15-13(16)11-6-4-5-7-12(11)17-3/h4-7,10,14H,8-9H2,1-3H3,(H,15,16). The maximum Gasteiger partial charge on any atom is 0.255 e. The molecule has 0 saturated heterocycles. The van der Waals surface area contributed by atoms with E-state index in [0.717, 1.165) is 6.54 Å². The van der Waals surface area contributed by atoms with E-state index in [1.165, 1.54) is 0 Å². The summed E-state index contributed by atoms with van der Waals surface area (Å²) in [7, 11) is 3.47. The lowest BCUT2D eigenvalue weighted by molar-refractivity contribution is 0.0945. The van der Waals surface area contributed by atoms with Crippen molar-refractivity contribution in [2.24, 2.45) is 5.92 Å². The van der Waals surface area contributed by atoms with Gasteiger partial charge in [-0.2, -0.15) is 0 Å². The van der Waals surface area contributed by atoms with Gasteiger partial charge in [-0.3, -0.25) is 4.79 Å². The summed E-state index contributed by atoms with van der Waals surface area (Å²) in [5.41, 5.74) is 0.576. The summed E-state index contributed by atoms with van der Waals surface area (Å²) in [6.07, 6.45) is 0. The Balaban J connectivity index is 2.58. The van der Waals surface area contributed by atoms with E-state index in [9.17, 15) is 4.79 Å². The zero-order valence-electron chi connectivity index (χ0n) is 10.6. The highest BCUT2D eigenvalue weighted by molar-refractivity contribution is 5.96. The predicted octanol–water partition coefficient (Wildman–Crippen LogP) is 1.28. The van der Waals surface area contributed by atoms with Crippen LogP contribution < -0.4 is 15.4 Å². The Morgan fingerprint density at radius 3 is 2.71 bits per heavy atom. The van der Waals surface area contributed by atoms with Crippen LogP contribution in [0.3, 0.4) is 0 Å². The molecular weight excluding hydrogens is 216 g/mol. The summed E-state index contributed by atoms with van der Waals surface area (Å²) in [4.78, 5) is 11.9. The van der Waals surface area contributed by atoms with Gasteiger partial charge in [0.25, 0.3) is 5.91 Å². The first-order valence-corrected chi connectivity index (χ1v) is 5.74. The van der Waals surface area contributed by atoms with Gasteiger partial charge in [-0.1, -0.05) is 19.1 Å². The van der Waals surface area contributed by atoms with Crippen LogP contribution in [0.15, 0.2) is 24.3 Å². The van der Waals surface area contributed by atoms with Crippen LogP contribution in [0.5, 0.6) is 5.75 Å².